The number of rotatable bonds is 55. The predicted molar refractivity (Wildman–Crippen MR) is 297 cm³/mol. The fourth-order valence-electron chi connectivity index (χ4n) is 8.53. The van der Waals surface area contributed by atoms with Crippen LogP contribution in [0.5, 0.6) is 0 Å². The first-order chi connectivity index (χ1) is 34.6. The van der Waals surface area contributed by atoms with Crippen molar-refractivity contribution in [1.29, 1.82) is 0 Å². The van der Waals surface area contributed by atoms with Gasteiger partial charge < -0.3 is 33.3 Å². The summed E-state index contributed by atoms with van der Waals surface area (Å²) in [6.07, 6.45) is 63.4. The number of hydrogen-bond donors (Lipinski definition) is 0. The zero-order valence-corrected chi connectivity index (χ0v) is 47.1. The van der Waals surface area contributed by atoms with E-state index < -0.39 is 24.3 Å². The number of nitrogens with zero attached hydrogens (tertiary/aromatic N) is 1. The van der Waals surface area contributed by atoms with E-state index in [1.54, 1.807) is 0 Å². The lowest BCUT2D eigenvalue weighted by atomic mass is 10.0. The summed E-state index contributed by atoms with van der Waals surface area (Å²) in [5.41, 5.74) is 0. The van der Waals surface area contributed by atoms with Gasteiger partial charge >= 0.3 is 11.9 Å². The number of carbonyl (C=O) groups is 3. The monoisotopic (exact) mass is 1000 g/mol. The molecule has 0 aromatic carbocycles. The van der Waals surface area contributed by atoms with Crippen molar-refractivity contribution >= 4 is 17.9 Å². The number of esters is 2. The summed E-state index contributed by atoms with van der Waals surface area (Å²) in [4.78, 5) is 37.2. The van der Waals surface area contributed by atoms with Crippen molar-refractivity contribution in [3.8, 4) is 0 Å². The van der Waals surface area contributed by atoms with Crippen LogP contribution in [0.15, 0.2) is 48.6 Å². The number of hydrogen-bond acceptors (Lipinski definition) is 8. The van der Waals surface area contributed by atoms with Gasteiger partial charge in [-0.3, -0.25) is 9.59 Å². The molecule has 9 nitrogen and oxygen atoms in total. The zero-order chi connectivity index (χ0) is 52.0. The summed E-state index contributed by atoms with van der Waals surface area (Å²) < 4.78 is 22.6. The van der Waals surface area contributed by atoms with Crippen LogP contribution >= 0.6 is 0 Å². The molecule has 0 amide bonds. The Morgan fingerprint density at radius 1 is 0.437 bits per heavy atom. The van der Waals surface area contributed by atoms with Crippen LogP contribution in [0.1, 0.15) is 271 Å². The molecule has 71 heavy (non-hydrogen) atoms. The second kappa shape index (κ2) is 53.5. The molecule has 9 heteroatoms. The van der Waals surface area contributed by atoms with Crippen LogP contribution in [0, 0.1) is 0 Å². The van der Waals surface area contributed by atoms with Gasteiger partial charge in [0.15, 0.2) is 12.4 Å². The van der Waals surface area contributed by atoms with Crippen molar-refractivity contribution in [2.24, 2.45) is 0 Å². The smallest absolute Gasteiger partial charge is 0.306 e. The summed E-state index contributed by atoms with van der Waals surface area (Å²) in [5, 5.41) is 11.7. The lowest BCUT2D eigenvalue weighted by molar-refractivity contribution is -0.870. The van der Waals surface area contributed by atoms with Crippen LogP contribution in [-0.4, -0.2) is 82.3 Å². The standard InChI is InChI=1S/C62H113NO8/c1-6-8-10-12-14-16-18-20-22-23-24-25-26-27-28-29-30-31-32-33-34-35-36-37-39-40-42-44-46-48-50-52-59(64)69-56-58(57-70-62(61(66)67)68-55-54-63(3,4)5)71-60(65)53-51-49-47-45-43-41-38-21-19-17-15-13-11-9-7-2/h9,11,15,17,21,38,43,45,58,62H,6-8,10,12-14,16,18-20,22-37,39-42,44,46-57H2,1-5H3/b11-9-,17-15-,38-21-,45-43-. The molecule has 0 rings (SSSR count). The van der Waals surface area contributed by atoms with Crippen molar-refractivity contribution in [3.05, 3.63) is 48.6 Å². The maximum atomic E-state index is 12.8. The van der Waals surface area contributed by atoms with Crippen LogP contribution in [0.25, 0.3) is 0 Å². The molecule has 2 unspecified atom stereocenters. The number of carboxylic acid groups (broad SMARTS) is 1. The van der Waals surface area contributed by atoms with Crippen LogP contribution < -0.4 is 5.11 Å². The molecule has 0 aliphatic heterocycles. The molecular formula is C62H113NO8. The molecule has 0 bridgehead atoms. The molecule has 0 saturated heterocycles. The number of unbranched alkanes of at least 4 members (excludes halogenated alkanes) is 32. The normalized spacial score (nSPS) is 13.1. The Balaban J connectivity index is 4.09. The van der Waals surface area contributed by atoms with Gasteiger partial charge in [0.05, 0.1) is 40.3 Å². The number of quaternary nitrogens is 1. The van der Waals surface area contributed by atoms with Gasteiger partial charge in [-0.15, -0.1) is 0 Å². The molecule has 0 spiro atoms. The van der Waals surface area contributed by atoms with Crippen molar-refractivity contribution in [2.75, 3.05) is 47.5 Å². The minimum atomic E-state index is -1.63. The maximum absolute atomic E-state index is 12.8. The molecule has 0 aliphatic rings. The van der Waals surface area contributed by atoms with Crippen LogP contribution in [0.2, 0.25) is 0 Å². The molecule has 0 radical (unpaired) electrons. The fourth-order valence-corrected chi connectivity index (χ4v) is 8.53. The predicted octanol–water partition coefficient (Wildman–Crippen LogP) is 16.1. The van der Waals surface area contributed by atoms with E-state index in [-0.39, 0.29) is 38.6 Å². The van der Waals surface area contributed by atoms with Gasteiger partial charge in [-0.05, 0) is 51.4 Å². The fraction of sp³-hybridized carbons (Fsp3) is 0.823. The van der Waals surface area contributed by atoms with Crippen LogP contribution in [0.3, 0.4) is 0 Å². The number of likely N-dealkylation sites (N-methyl/N-ethyl adjacent to an activating group) is 1. The molecule has 414 valence electrons. The SMILES string of the molecule is CC/C=C\C/C=C\C/C=C\C/C=C\CCCCC(=O)OC(COC(=O)CCCCCCCCCCCCCCCCCCCCCCCCCCCCCCCCC)COC(OCC[N+](C)(C)C)C(=O)[O-]. The Labute approximate surface area is 438 Å². The number of allylic oxidation sites excluding steroid dienone is 8. The van der Waals surface area contributed by atoms with Gasteiger partial charge in [0.25, 0.3) is 0 Å². The van der Waals surface area contributed by atoms with Gasteiger partial charge in [-0.25, -0.2) is 0 Å². The van der Waals surface area contributed by atoms with Crippen molar-refractivity contribution in [2.45, 2.75) is 283 Å². The highest BCUT2D eigenvalue weighted by Gasteiger charge is 2.22. The van der Waals surface area contributed by atoms with E-state index in [1.807, 2.05) is 21.1 Å². The Hall–Kier alpha value is -2.75. The van der Waals surface area contributed by atoms with E-state index in [1.165, 1.54) is 180 Å². The third-order valence-electron chi connectivity index (χ3n) is 13.1. The van der Waals surface area contributed by atoms with Crippen LogP contribution in [0.4, 0.5) is 0 Å². The molecule has 0 aromatic heterocycles. The maximum Gasteiger partial charge on any atom is 0.306 e. The molecule has 0 aromatic rings. The average Bonchev–Trinajstić information content (AvgIpc) is 3.34. The Morgan fingerprint density at radius 3 is 1.20 bits per heavy atom. The molecular weight excluding hydrogens is 887 g/mol. The second-order valence-electron chi connectivity index (χ2n) is 21.3. The Kier molecular flexibility index (Phi) is 51.5. The largest absolute Gasteiger partial charge is 0.545 e. The lowest BCUT2D eigenvalue weighted by Gasteiger charge is -2.26. The van der Waals surface area contributed by atoms with Crippen molar-refractivity contribution < 1.29 is 42.9 Å². The van der Waals surface area contributed by atoms with Gasteiger partial charge in [0, 0.05) is 12.8 Å². The molecule has 0 saturated carbocycles. The number of carbonyl (C=O) groups excluding carboxylic acids is 3. The van der Waals surface area contributed by atoms with Gasteiger partial charge in [-0.1, -0.05) is 255 Å². The average molecular weight is 1000 g/mol. The van der Waals surface area contributed by atoms with Gasteiger partial charge in [-0.2, -0.15) is 0 Å². The third kappa shape index (κ3) is 54.9. The molecule has 2 atom stereocenters. The van der Waals surface area contributed by atoms with Gasteiger partial charge in [0.1, 0.15) is 13.2 Å². The zero-order valence-electron chi connectivity index (χ0n) is 47.1. The van der Waals surface area contributed by atoms with E-state index in [4.69, 9.17) is 18.9 Å². The Bertz CT molecular complexity index is 1300. The first kappa shape index (κ1) is 68.2. The minimum Gasteiger partial charge on any atom is -0.545 e. The third-order valence-corrected chi connectivity index (χ3v) is 13.1. The topological polar surface area (TPSA) is 111 Å². The highest BCUT2D eigenvalue weighted by Crippen LogP contribution is 2.17. The quantitative estimate of drug-likeness (QED) is 0.0195. The highest BCUT2D eigenvalue weighted by molar-refractivity contribution is 5.70. The van der Waals surface area contributed by atoms with E-state index in [0.29, 0.717) is 17.4 Å². The minimum absolute atomic E-state index is 0.139. The van der Waals surface area contributed by atoms with E-state index >= 15 is 0 Å². The number of aliphatic carboxylic acids is 1. The summed E-state index contributed by atoms with van der Waals surface area (Å²) in [7, 11) is 5.91. The van der Waals surface area contributed by atoms with E-state index in [2.05, 4.69) is 62.5 Å². The van der Waals surface area contributed by atoms with Crippen LogP contribution in [-0.2, 0) is 33.3 Å². The molecule has 0 heterocycles. The highest BCUT2D eigenvalue weighted by atomic mass is 16.7. The number of ether oxygens (including phenoxy) is 4. The molecule has 0 fully saturated rings. The summed E-state index contributed by atoms with van der Waals surface area (Å²) in [6.45, 7) is 4.61. The lowest BCUT2D eigenvalue weighted by Crippen LogP contribution is -2.44. The first-order valence-electron chi connectivity index (χ1n) is 29.8. The van der Waals surface area contributed by atoms with Crippen molar-refractivity contribution in [1.82, 2.24) is 0 Å². The summed E-state index contributed by atoms with van der Waals surface area (Å²) >= 11 is 0. The Morgan fingerprint density at radius 2 is 0.803 bits per heavy atom. The first-order valence-corrected chi connectivity index (χ1v) is 29.8. The second-order valence-corrected chi connectivity index (χ2v) is 21.3. The van der Waals surface area contributed by atoms with Gasteiger partial charge in [0.2, 0.25) is 0 Å². The summed E-state index contributed by atoms with van der Waals surface area (Å²) in [5.74, 6) is -2.33. The van der Waals surface area contributed by atoms with Crippen molar-refractivity contribution in [3.63, 3.8) is 0 Å². The molecule has 0 aliphatic carbocycles. The number of carboxylic acids is 1. The molecule has 0 N–H and O–H groups in total. The van der Waals surface area contributed by atoms with E-state index in [0.717, 1.165) is 57.8 Å². The summed E-state index contributed by atoms with van der Waals surface area (Å²) in [6, 6.07) is 0. The van der Waals surface area contributed by atoms with E-state index in [9.17, 15) is 19.5 Å².